The predicted octanol–water partition coefficient (Wildman–Crippen LogP) is 1.17. The van der Waals surface area contributed by atoms with Gasteiger partial charge in [0.05, 0.1) is 11.6 Å². The van der Waals surface area contributed by atoms with Gasteiger partial charge in [0.1, 0.15) is 5.75 Å². The smallest absolute Gasteiger partial charge is 0.258 e. The number of hydrogen-bond donors (Lipinski definition) is 2. The van der Waals surface area contributed by atoms with Gasteiger partial charge in [0.15, 0.2) is 6.61 Å². The summed E-state index contributed by atoms with van der Waals surface area (Å²) in [6.45, 7) is 0.937. The highest BCUT2D eigenvalue weighted by Crippen LogP contribution is 2.27. The molecular weight excluding hydrogens is 329 g/mol. The van der Waals surface area contributed by atoms with Gasteiger partial charge in [-0.25, -0.2) is 0 Å². The van der Waals surface area contributed by atoms with Gasteiger partial charge in [-0.3, -0.25) is 9.59 Å². The van der Waals surface area contributed by atoms with E-state index in [9.17, 15) is 9.59 Å². The minimum Gasteiger partial charge on any atom is -0.482 e. The zero-order chi connectivity index (χ0) is 16.5. The number of carbonyl (C=O) groups excluding carboxylic acids is 2. The molecule has 0 saturated heterocycles. The van der Waals surface area contributed by atoms with Crippen molar-refractivity contribution in [3.8, 4) is 5.75 Å². The molecule has 122 valence electrons. The Morgan fingerprint density at radius 1 is 1.18 bits per heavy atom. The van der Waals surface area contributed by atoms with E-state index in [0.717, 1.165) is 6.54 Å². The third-order valence-corrected chi connectivity index (χ3v) is 3.11. The van der Waals surface area contributed by atoms with E-state index in [1.165, 1.54) is 6.07 Å². The quantitative estimate of drug-likeness (QED) is 0.740. The lowest BCUT2D eigenvalue weighted by Gasteiger charge is -2.11. The number of rotatable bonds is 8. The van der Waals surface area contributed by atoms with Crippen LogP contribution in [0, 0.1) is 0 Å². The van der Waals surface area contributed by atoms with Gasteiger partial charge >= 0.3 is 0 Å². The van der Waals surface area contributed by atoms with E-state index < -0.39 is 5.91 Å². The van der Waals surface area contributed by atoms with Gasteiger partial charge in [0.25, 0.3) is 5.91 Å². The molecule has 2 N–H and O–H groups in total. The Balaban J connectivity index is 2.24. The highest BCUT2D eigenvalue weighted by atomic mass is 35.5. The largest absolute Gasteiger partial charge is 0.482 e. The maximum absolute atomic E-state index is 11.6. The average Bonchev–Trinajstić information content (AvgIpc) is 2.43. The molecule has 0 aliphatic heterocycles. The second kappa shape index (κ2) is 9.50. The molecule has 0 aromatic heterocycles. The summed E-state index contributed by atoms with van der Waals surface area (Å²) in [4.78, 5) is 25.0. The second-order valence-electron chi connectivity index (χ2n) is 4.79. The molecule has 6 nitrogen and oxygen atoms in total. The Labute approximate surface area is 139 Å². The van der Waals surface area contributed by atoms with Crippen LogP contribution < -0.4 is 15.4 Å². The summed E-state index contributed by atoms with van der Waals surface area (Å²) in [6.07, 6.45) is 0. The highest BCUT2D eigenvalue weighted by Gasteiger charge is 2.08. The Morgan fingerprint density at radius 2 is 1.91 bits per heavy atom. The fourth-order valence-electron chi connectivity index (χ4n) is 1.45. The van der Waals surface area contributed by atoms with Crippen molar-refractivity contribution in [1.29, 1.82) is 0 Å². The normalized spacial score (nSPS) is 10.4. The van der Waals surface area contributed by atoms with Crippen molar-refractivity contribution in [2.75, 3.05) is 40.3 Å². The van der Waals surface area contributed by atoms with E-state index in [4.69, 9.17) is 27.9 Å². The van der Waals surface area contributed by atoms with Gasteiger partial charge < -0.3 is 20.3 Å². The average molecular weight is 348 g/mol. The SMILES string of the molecule is CN(C)CCNC(=O)CNC(=O)COc1ccc(Cl)cc1Cl. The molecule has 22 heavy (non-hydrogen) atoms. The Morgan fingerprint density at radius 3 is 2.55 bits per heavy atom. The summed E-state index contributed by atoms with van der Waals surface area (Å²) in [5.74, 6) is -0.301. The molecule has 0 fully saturated rings. The first kappa shape index (κ1) is 18.5. The molecule has 0 bridgehead atoms. The number of ether oxygens (including phenoxy) is 1. The van der Waals surface area contributed by atoms with E-state index in [-0.39, 0.29) is 19.1 Å². The number of carbonyl (C=O) groups is 2. The van der Waals surface area contributed by atoms with Crippen LogP contribution >= 0.6 is 23.2 Å². The van der Waals surface area contributed by atoms with Crippen LogP contribution in [0.4, 0.5) is 0 Å². The van der Waals surface area contributed by atoms with Crippen molar-refractivity contribution in [2.45, 2.75) is 0 Å². The van der Waals surface area contributed by atoms with Crippen LogP contribution in [0.1, 0.15) is 0 Å². The van der Waals surface area contributed by atoms with Crippen molar-refractivity contribution in [1.82, 2.24) is 15.5 Å². The maximum Gasteiger partial charge on any atom is 0.258 e. The van der Waals surface area contributed by atoms with Crippen LogP contribution in [0.2, 0.25) is 10.0 Å². The molecule has 0 unspecified atom stereocenters. The first-order chi connectivity index (χ1) is 10.4. The van der Waals surface area contributed by atoms with Gasteiger partial charge in [0, 0.05) is 18.1 Å². The van der Waals surface area contributed by atoms with Crippen molar-refractivity contribution in [2.24, 2.45) is 0 Å². The molecule has 1 aromatic rings. The lowest BCUT2D eigenvalue weighted by molar-refractivity contribution is -0.127. The molecule has 1 aromatic carbocycles. The minimum absolute atomic E-state index is 0.0933. The molecule has 8 heteroatoms. The second-order valence-corrected chi connectivity index (χ2v) is 5.64. The Hall–Kier alpha value is -1.50. The number of nitrogens with zero attached hydrogens (tertiary/aromatic N) is 1. The zero-order valence-corrected chi connectivity index (χ0v) is 14.0. The first-order valence-electron chi connectivity index (χ1n) is 6.64. The number of benzene rings is 1. The minimum atomic E-state index is -0.409. The number of amides is 2. The molecule has 0 atom stereocenters. The summed E-state index contributed by atoms with van der Waals surface area (Å²) in [5, 5.41) is 5.95. The van der Waals surface area contributed by atoms with E-state index in [1.54, 1.807) is 12.1 Å². The summed E-state index contributed by atoms with van der Waals surface area (Å²) in [7, 11) is 3.82. The van der Waals surface area contributed by atoms with Crippen molar-refractivity contribution in [3.63, 3.8) is 0 Å². The van der Waals surface area contributed by atoms with Crippen LogP contribution in [0.25, 0.3) is 0 Å². The third-order valence-electron chi connectivity index (χ3n) is 2.58. The monoisotopic (exact) mass is 347 g/mol. The third kappa shape index (κ3) is 7.49. The summed E-state index contributed by atoms with van der Waals surface area (Å²) in [5.41, 5.74) is 0. The molecule has 0 saturated carbocycles. The molecular formula is C14H19Cl2N3O3. The standard InChI is InChI=1S/C14H19Cl2N3O3/c1-19(2)6-5-17-13(20)8-18-14(21)9-22-12-4-3-10(15)7-11(12)16/h3-4,7H,5-6,8-9H2,1-2H3,(H,17,20)(H,18,21). The molecule has 0 aliphatic rings. The highest BCUT2D eigenvalue weighted by molar-refractivity contribution is 6.35. The zero-order valence-electron chi connectivity index (χ0n) is 12.5. The van der Waals surface area contributed by atoms with Crippen molar-refractivity contribution in [3.05, 3.63) is 28.2 Å². The van der Waals surface area contributed by atoms with E-state index >= 15 is 0 Å². The lowest BCUT2D eigenvalue weighted by atomic mass is 10.3. The predicted molar refractivity (Wildman–Crippen MR) is 86.5 cm³/mol. The van der Waals surface area contributed by atoms with E-state index in [0.29, 0.717) is 22.3 Å². The Bertz CT molecular complexity index is 524. The van der Waals surface area contributed by atoms with E-state index in [2.05, 4.69) is 10.6 Å². The van der Waals surface area contributed by atoms with Gasteiger partial charge in [-0.15, -0.1) is 0 Å². The van der Waals surface area contributed by atoms with Gasteiger partial charge in [-0.2, -0.15) is 0 Å². The van der Waals surface area contributed by atoms with Crippen molar-refractivity contribution < 1.29 is 14.3 Å². The first-order valence-corrected chi connectivity index (χ1v) is 7.40. The van der Waals surface area contributed by atoms with Gasteiger partial charge in [-0.1, -0.05) is 23.2 Å². The number of nitrogens with one attached hydrogen (secondary N) is 2. The number of hydrogen-bond acceptors (Lipinski definition) is 4. The summed E-state index contributed by atoms with van der Waals surface area (Å²) >= 11 is 11.7. The molecule has 0 heterocycles. The van der Waals surface area contributed by atoms with Crippen molar-refractivity contribution >= 4 is 35.0 Å². The summed E-state index contributed by atoms with van der Waals surface area (Å²) in [6, 6.07) is 4.71. The van der Waals surface area contributed by atoms with Crippen LogP contribution in [0.3, 0.4) is 0 Å². The van der Waals surface area contributed by atoms with E-state index in [1.807, 2.05) is 19.0 Å². The molecule has 2 amide bonds. The van der Waals surface area contributed by atoms with Crippen LogP contribution in [0.5, 0.6) is 5.75 Å². The molecule has 0 aliphatic carbocycles. The molecule has 0 radical (unpaired) electrons. The van der Waals surface area contributed by atoms with Gasteiger partial charge in [0.2, 0.25) is 5.91 Å². The van der Waals surface area contributed by atoms with Crippen LogP contribution in [0.15, 0.2) is 18.2 Å². The molecule has 0 spiro atoms. The van der Waals surface area contributed by atoms with Crippen LogP contribution in [-0.4, -0.2) is 57.1 Å². The Kier molecular flexibility index (Phi) is 8.01. The number of likely N-dealkylation sites (N-methyl/N-ethyl adjacent to an activating group) is 1. The van der Waals surface area contributed by atoms with Gasteiger partial charge in [-0.05, 0) is 32.3 Å². The fourth-order valence-corrected chi connectivity index (χ4v) is 1.91. The number of halogens is 2. The lowest BCUT2D eigenvalue weighted by Crippen LogP contribution is -2.40. The van der Waals surface area contributed by atoms with Crippen LogP contribution in [-0.2, 0) is 9.59 Å². The summed E-state index contributed by atoms with van der Waals surface area (Å²) < 4.78 is 5.26. The topological polar surface area (TPSA) is 70.7 Å². The fraction of sp³-hybridized carbons (Fsp3) is 0.429. The molecule has 1 rings (SSSR count). The maximum atomic E-state index is 11.6.